The Bertz CT molecular complexity index is 957. The smallest absolute Gasteiger partial charge is 0.338 e. The van der Waals surface area contributed by atoms with E-state index in [-0.39, 0.29) is 25.2 Å². The van der Waals surface area contributed by atoms with Gasteiger partial charge in [-0.1, -0.05) is 36.7 Å². The van der Waals surface area contributed by atoms with Crippen LogP contribution in [-0.4, -0.2) is 85.2 Å². The largest absolute Gasteiger partial charge is 0.463 e. The predicted molar refractivity (Wildman–Crippen MR) is 135 cm³/mol. The average molecular weight is 504 g/mol. The first-order chi connectivity index (χ1) is 16.9. The summed E-state index contributed by atoms with van der Waals surface area (Å²) in [6.07, 6.45) is 2.51. The number of nitrogens with one attached hydrogen (secondary N) is 2. The Morgan fingerprint density at radius 2 is 1.89 bits per heavy atom. The Labute approximate surface area is 211 Å². The molecule has 0 radical (unpaired) electrons. The molecule has 10 heteroatoms. The third-order valence-electron chi connectivity index (χ3n) is 6.01. The second kappa shape index (κ2) is 12.6. The highest BCUT2D eigenvalue weighted by molar-refractivity contribution is 6.30. The van der Waals surface area contributed by atoms with Crippen molar-refractivity contribution in [3.05, 3.63) is 58.8 Å². The van der Waals surface area contributed by atoms with Gasteiger partial charge in [0, 0.05) is 56.5 Å². The molecule has 0 spiro atoms. The fourth-order valence-electron chi connectivity index (χ4n) is 4.22. The monoisotopic (exact) mass is 503 g/mol. The zero-order chi connectivity index (χ0) is 25.4. The predicted octanol–water partition coefficient (Wildman–Crippen LogP) is 3.15. The summed E-state index contributed by atoms with van der Waals surface area (Å²) in [5, 5.41) is 6.41. The molecule has 1 atom stereocenters. The van der Waals surface area contributed by atoms with Crippen molar-refractivity contribution < 1.29 is 19.1 Å². The van der Waals surface area contributed by atoms with E-state index in [1.54, 1.807) is 42.2 Å². The fraction of sp³-hybridized carbons (Fsp3) is 0.480. The van der Waals surface area contributed by atoms with E-state index >= 15 is 0 Å². The topological polar surface area (TPSA) is 94.2 Å². The number of benzene rings is 1. The molecular weight excluding hydrogens is 470 g/mol. The molecule has 0 aromatic heterocycles. The highest BCUT2D eigenvalue weighted by Crippen LogP contribution is 2.32. The molecule has 1 aromatic rings. The third kappa shape index (κ3) is 6.55. The van der Waals surface area contributed by atoms with E-state index in [9.17, 15) is 14.4 Å². The maximum Gasteiger partial charge on any atom is 0.338 e. The number of esters is 1. The van der Waals surface area contributed by atoms with Gasteiger partial charge in [0.15, 0.2) is 0 Å². The molecule has 0 saturated carbocycles. The van der Waals surface area contributed by atoms with Crippen LogP contribution in [0.2, 0.25) is 5.02 Å². The molecular formula is C25H34ClN5O4. The lowest BCUT2D eigenvalue weighted by atomic mass is 9.94. The van der Waals surface area contributed by atoms with Gasteiger partial charge in [-0.05, 0) is 31.0 Å². The molecule has 3 rings (SSSR count). The second-order valence-corrected chi connectivity index (χ2v) is 8.85. The van der Waals surface area contributed by atoms with Gasteiger partial charge in [0.1, 0.15) is 0 Å². The number of ether oxygens (including phenoxy) is 1. The number of piperazine rings is 1. The van der Waals surface area contributed by atoms with Gasteiger partial charge in [0.2, 0.25) is 0 Å². The first-order valence-corrected chi connectivity index (χ1v) is 12.4. The summed E-state index contributed by atoms with van der Waals surface area (Å²) in [6, 6.07) is 5.99. The molecule has 2 aliphatic rings. The summed E-state index contributed by atoms with van der Waals surface area (Å²) in [6.45, 7) is 11.4. The summed E-state index contributed by atoms with van der Waals surface area (Å²) in [5.74, 6) is -0.478. The van der Waals surface area contributed by atoms with Crippen molar-refractivity contribution in [2.75, 3.05) is 52.4 Å². The van der Waals surface area contributed by atoms with E-state index in [2.05, 4.69) is 22.1 Å². The molecule has 0 unspecified atom stereocenters. The van der Waals surface area contributed by atoms with E-state index in [1.165, 1.54) is 4.90 Å². The number of hydrogen-bond acceptors (Lipinski definition) is 5. The zero-order valence-corrected chi connectivity index (χ0v) is 21.1. The number of amides is 4. The summed E-state index contributed by atoms with van der Waals surface area (Å²) >= 11 is 6.06. The maximum absolute atomic E-state index is 13.2. The van der Waals surface area contributed by atoms with Gasteiger partial charge in [-0.3, -0.25) is 9.80 Å². The van der Waals surface area contributed by atoms with Gasteiger partial charge in [-0.2, -0.15) is 0 Å². The van der Waals surface area contributed by atoms with E-state index in [0.717, 1.165) is 12.0 Å². The van der Waals surface area contributed by atoms with Crippen LogP contribution in [0, 0.1) is 0 Å². The van der Waals surface area contributed by atoms with Crippen molar-refractivity contribution in [2.45, 2.75) is 26.3 Å². The Balaban J connectivity index is 1.91. The Hall–Kier alpha value is -3.04. The van der Waals surface area contributed by atoms with Gasteiger partial charge in [0.25, 0.3) is 0 Å². The van der Waals surface area contributed by atoms with Gasteiger partial charge in [0.05, 0.1) is 18.2 Å². The normalized spacial score (nSPS) is 18.8. The van der Waals surface area contributed by atoms with Crippen LogP contribution in [0.5, 0.6) is 0 Å². The van der Waals surface area contributed by atoms with Crippen LogP contribution in [0.4, 0.5) is 9.59 Å². The van der Waals surface area contributed by atoms with Gasteiger partial charge in [-0.25, -0.2) is 14.4 Å². The minimum absolute atomic E-state index is 0.0638. The summed E-state index contributed by atoms with van der Waals surface area (Å²) in [4.78, 5) is 44.1. The van der Waals surface area contributed by atoms with Crippen molar-refractivity contribution in [2.24, 2.45) is 0 Å². The lowest BCUT2D eigenvalue weighted by Crippen LogP contribution is -2.55. The summed E-state index contributed by atoms with van der Waals surface area (Å²) < 4.78 is 5.42. The Kier molecular flexibility index (Phi) is 9.56. The summed E-state index contributed by atoms with van der Waals surface area (Å²) in [7, 11) is 0. The number of urea groups is 2. The van der Waals surface area contributed by atoms with Crippen LogP contribution in [0.1, 0.15) is 31.9 Å². The quantitative estimate of drug-likeness (QED) is 0.399. The van der Waals surface area contributed by atoms with Gasteiger partial charge < -0.3 is 20.3 Å². The number of hydrogen-bond donors (Lipinski definition) is 2. The third-order valence-corrected chi connectivity index (χ3v) is 6.26. The zero-order valence-electron chi connectivity index (χ0n) is 20.4. The van der Waals surface area contributed by atoms with Crippen LogP contribution < -0.4 is 10.6 Å². The standard InChI is InChI=1S/C25H34ClN5O4/c1-4-11-27-24(33)30-15-13-29(14-16-30)17-20-21(23(32)35-6-3)22(18-7-9-19(26)10-8-18)28-25(34)31(20)12-5-2/h5,7-10,22H,2,4,6,11-17H2,1,3H3,(H,27,33)(H,28,34)/t22-/m1/s1. The number of rotatable bonds is 9. The van der Waals surface area contributed by atoms with E-state index in [4.69, 9.17) is 16.3 Å². The first-order valence-electron chi connectivity index (χ1n) is 12.0. The van der Waals surface area contributed by atoms with Crippen LogP contribution in [0.3, 0.4) is 0 Å². The van der Waals surface area contributed by atoms with Gasteiger partial charge in [-0.15, -0.1) is 6.58 Å². The van der Waals surface area contributed by atoms with Crippen molar-refractivity contribution in [1.29, 1.82) is 0 Å². The number of carbonyl (C=O) groups excluding carboxylic acids is 3. The number of halogens is 1. The first kappa shape index (κ1) is 26.6. The molecule has 9 nitrogen and oxygen atoms in total. The molecule has 0 bridgehead atoms. The molecule has 4 amide bonds. The molecule has 35 heavy (non-hydrogen) atoms. The van der Waals surface area contributed by atoms with Crippen molar-refractivity contribution in [1.82, 2.24) is 25.3 Å². The lowest BCUT2D eigenvalue weighted by Gasteiger charge is -2.40. The van der Waals surface area contributed by atoms with Crippen LogP contribution in [-0.2, 0) is 9.53 Å². The SMILES string of the molecule is C=CCN1C(=O)N[C@H](c2ccc(Cl)cc2)C(C(=O)OCC)=C1CN1CCN(C(=O)NCCC)CC1. The Morgan fingerprint density at radius 1 is 1.20 bits per heavy atom. The molecule has 2 N–H and O–H groups in total. The minimum Gasteiger partial charge on any atom is -0.463 e. The highest BCUT2D eigenvalue weighted by atomic mass is 35.5. The molecule has 190 valence electrons. The molecule has 2 heterocycles. The number of carbonyl (C=O) groups is 3. The molecule has 2 aliphatic heterocycles. The lowest BCUT2D eigenvalue weighted by molar-refractivity contribution is -0.139. The molecule has 0 aliphatic carbocycles. The number of nitrogens with zero attached hydrogens (tertiary/aromatic N) is 3. The molecule has 1 aromatic carbocycles. The van der Waals surface area contributed by atoms with Gasteiger partial charge >= 0.3 is 18.0 Å². The van der Waals surface area contributed by atoms with Crippen molar-refractivity contribution in [3.8, 4) is 0 Å². The maximum atomic E-state index is 13.2. The van der Waals surface area contributed by atoms with Crippen molar-refractivity contribution in [3.63, 3.8) is 0 Å². The fourth-order valence-corrected chi connectivity index (χ4v) is 4.34. The molecule has 1 saturated heterocycles. The van der Waals surface area contributed by atoms with Crippen LogP contribution in [0.15, 0.2) is 48.2 Å². The van der Waals surface area contributed by atoms with E-state index < -0.39 is 12.0 Å². The minimum atomic E-state index is -0.670. The van der Waals surface area contributed by atoms with E-state index in [0.29, 0.717) is 55.6 Å². The second-order valence-electron chi connectivity index (χ2n) is 8.41. The molecule has 1 fully saturated rings. The highest BCUT2D eigenvalue weighted by Gasteiger charge is 2.38. The average Bonchev–Trinajstić information content (AvgIpc) is 2.85. The van der Waals surface area contributed by atoms with Crippen molar-refractivity contribution >= 4 is 29.6 Å². The van der Waals surface area contributed by atoms with Crippen LogP contribution in [0.25, 0.3) is 0 Å². The van der Waals surface area contributed by atoms with E-state index in [1.807, 2.05) is 6.92 Å². The summed E-state index contributed by atoms with van der Waals surface area (Å²) in [5.41, 5.74) is 1.70. The Morgan fingerprint density at radius 3 is 2.49 bits per heavy atom. The van der Waals surface area contributed by atoms with Crippen LogP contribution >= 0.6 is 11.6 Å².